The van der Waals surface area contributed by atoms with Gasteiger partial charge in [-0.3, -0.25) is 0 Å². The summed E-state index contributed by atoms with van der Waals surface area (Å²) >= 11 is 0. The van der Waals surface area contributed by atoms with Crippen LogP contribution in [0, 0.1) is 0 Å². The molecule has 0 aliphatic heterocycles. The van der Waals surface area contributed by atoms with E-state index in [0.717, 1.165) is 0 Å². The SMILES string of the molecule is O=C([O-])c1ccccc1.[Ni+2]. The molecular weight excluding hydrogens is 175 g/mol. The van der Waals surface area contributed by atoms with Crippen LogP contribution in [-0.4, -0.2) is 5.97 Å². The van der Waals surface area contributed by atoms with Gasteiger partial charge < -0.3 is 9.90 Å². The number of hydrogen-bond acceptors (Lipinski definition) is 2. The molecule has 1 aromatic carbocycles. The molecule has 0 unspecified atom stereocenters. The maximum Gasteiger partial charge on any atom is 2.00 e. The Morgan fingerprint density at radius 2 is 1.70 bits per heavy atom. The van der Waals surface area contributed by atoms with E-state index in [1.165, 1.54) is 12.1 Å². The van der Waals surface area contributed by atoms with Gasteiger partial charge in [0.1, 0.15) is 0 Å². The Hall–Kier alpha value is -0.816. The first-order valence-electron chi connectivity index (χ1n) is 2.57. The van der Waals surface area contributed by atoms with Crippen LogP contribution >= 0.6 is 0 Å². The smallest absolute Gasteiger partial charge is 0.545 e. The molecular formula is C7H5NiO2+. The van der Waals surface area contributed by atoms with Crippen LogP contribution in [0.5, 0.6) is 0 Å². The Morgan fingerprint density at radius 1 is 1.20 bits per heavy atom. The van der Waals surface area contributed by atoms with Crippen LogP contribution in [-0.2, 0) is 16.5 Å². The molecule has 0 amide bonds. The Morgan fingerprint density at radius 3 is 2.00 bits per heavy atom. The molecule has 54 valence electrons. The number of benzene rings is 1. The normalized spacial score (nSPS) is 8.00. The fourth-order valence-electron chi connectivity index (χ4n) is 0.574. The Bertz CT molecular complexity index is 208. The molecule has 0 saturated carbocycles. The van der Waals surface area contributed by atoms with Crippen molar-refractivity contribution in [1.29, 1.82) is 0 Å². The van der Waals surface area contributed by atoms with Crippen molar-refractivity contribution < 1.29 is 26.4 Å². The van der Waals surface area contributed by atoms with Crippen molar-refractivity contribution in [2.75, 3.05) is 0 Å². The average molecular weight is 180 g/mol. The van der Waals surface area contributed by atoms with Crippen LogP contribution in [0.4, 0.5) is 0 Å². The second kappa shape index (κ2) is 4.07. The third-order valence-electron chi connectivity index (χ3n) is 1.01. The minimum absolute atomic E-state index is 0. The van der Waals surface area contributed by atoms with Gasteiger partial charge in [-0.15, -0.1) is 0 Å². The summed E-state index contributed by atoms with van der Waals surface area (Å²) < 4.78 is 0. The van der Waals surface area contributed by atoms with E-state index in [0.29, 0.717) is 0 Å². The molecule has 10 heavy (non-hydrogen) atoms. The largest absolute Gasteiger partial charge is 2.00 e. The van der Waals surface area contributed by atoms with E-state index in [-0.39, 0.29) is 22.1 Å². The summed E-state index contributed by atoms with van der Waals surface area (Å²) in [6.07, 6.45) is 0. The van der Waals surface area contributed by atoms with Gasteiger partial charge >= 0.3 is 16.5 Å². The summed E-state index contributed by atoms with van der Waals surface area (Å²) in [7, 11) is 0. The number of rotatable bonds is 1. The number of carboxylic acid groups (broad SMARTS) is 1. The molecule has 0 heterocycles. The number of hydrogen-bond donors (Lipinski definition) is 0. The minimum atomic E-state index is -1.13. The van der Waals surface area contributed by atoms with Crippen LogP contribution < -0.4 is 5.11 Å². The molecule has 0 bridgehead atoms. The third kappa shape index (κ3) is 2.20. The second-order valence-corrected chi connectivity index (χ2v) is 1.65. The van der Waals surface area contributed by atoms with E-state index in [1.54, 1.807) is 18.2 Å². The van der Waals surface area contributed by atoms with Gasteiger partial charge in [-0.1, -0.05) is 30.3 Å². The molecule has 0 aliphatic carbocycles. The first kappa shape index (κ1) is 9.18. The topological polar surface area (TPSA) is 40.1 Å². The predicted molar refractivity (Wildman–Crippen MR) is 30.8 cm³/mol. The number of carbonyl (C=O) groups is 1. The van der Waals surface area contributed by atoms with Crippen molar-refractivity contribution in [3.05, 3.63) is 35.9 Å². The standard InChI is InChI=1S/C7H6O2.Ni/c8-7(9)6-4-2-1-3-5-6;/h1-5H,(H,8,9);/q;+2/p-1. The summed E-state index contributed by atoms with van der Waals surface area (Å²) in [6, 6.07) is 8.06. The predicted octanol–water partition coefficient (Wildman–Crippen LogP) is 0.0476. The van der Waals surface area contributed by atoms with Gasteiger partial charge in [0.05, 0.1) is 5.97 Å². The average Bonchev–Trinajstić information content (AvgIpc) is 1.90. The monoisotopic (exact) mass is 179 g/mol. The first-order valence-corrected chi connectivity index (χ1v) is 2.57. The first-order chi connectivity index (χ1) is 4.30. The van der Waals surface area contributed by atoms with E-state index in [4.69, 9.17) is 0 Å². The molecule has 0 fully saturated rings. The van der Waals surface area contributed by atoms with E-state index >= 15 is 0 Å². The zero-order chi connectivity index (χ0) is 6.69. The van der Waals surface area contributed by atoms with E-state index in [2.05, 4.69) is 0 Å². The van der Waals surface area contributed by atoms with Gasteiger partial charge in [0, 0.05) is 0 Å². The molecule has 2 nitrogen and oxygen atoms in total. The summed E-state index contributed by atoms with van der Waals surface area (Å²) in [4.78, 5) is 10.1. The van der Waals surface area contributed by atoms with E-state index in [1.807, 2.05) is 0 Å². The van der Waals surface area contributed by atoms with Crippen molar-refractivity contribution in [2.24, 2.45) is 0 Å². The van der Waals surface area contributed by atoms with Crippen molar-refractivity contribution in [3.8, 4) is 0 Å². The number of carbonyl (C=O) groups excluding carboxylic acids is 1. The van der Waals surface area contributed by atoms with Gasteiger partial charge in [0.15, 0.2) is 0 Å². The molecule has 0 radical (unpaired) electrons. The van der Waals surface area contributed by atoms with Gasteiger partial charge in [-0.05, 0) is 5.56 Å². The zero-order valence-electron chi connectivity index (χ0n) is 5.02. The summed E-state index contributed by atoms with van der Waals surface area (Å²) in [5.41, 5.74) is 0.220. The Kier molecular flexibility index (Phi) is 3.74. The summed E-state index contributed by atoms with van der Waals surface area (Å²) in [5.74, 6) is -1.13. The fourth-order valence-corrected chi connectivity index (χ4v) is 0.574. The zero-order valence-corrected chi connectivity index (χ0v) is 6.01. The van der Waals surface area contributed by atoms with Crippen LogP contribution in [0.3, 0.4) is 0 Å². The van der Waals surface area contributed by atoms with Crippen molar-refractivity contribution in [3.63, 3.8) is 0 Å². The van der Waals surface area contributed by atoms with Crippen LogP contribution in [0.15, 0.2) is 30.3 Å². The van der Waals surface area contributed by atoms with Gasteiger partial charge in [-0.2, -0.15) is 0 Å². The summed E-state index contributed by atoms with van der Waals surface area (Å²) in [5, 5.41) is 10.1. The van der Waals surface area contributed by atoms with Crippen LogP contribution in [0.2, 0.25) is 0 Å². The van der Waals surface area contributed by atoms with E-state index < -0.39 is 5.97 Å². The molecule has 0 atom stereocenters. The molecule has 3 heteroatoms. The molecule has 0 N–H and O–H groups in total. The quantitative estimate of drug-likeness (QED) is 0.572. The van der Waals surface area contributed by atoms with Crippen LogP contribution in [0.1, 0.15) is 10.4 Å². The Labute approximate surface area is 68.8 Å². The molecule has 0 aromatic heterocycles. The molecule has 0 spiro atoms. The maximum atomic E-state index is 10.1. The van der Waals surface area contributed by atoms with Crippen molar-refractivity contribution >= 4 is 5.97 Å². The molecule has 0 aliphatic rings. The van der Waals surface area contributed by atoms with E-state index in [9.17, 15) is 9.90 Å². The third-order valence-corrected chi connectivity index (χ3v) is 1.01. The fraction of sp³-hybridized carbons (Fsp3) is 0. The second-order valence-electron chi connectivity index (χ2n) is 1.65. The van der Waals surface area contributed by atoms with Crippen LogP contribution in [0.25, 0.3) is 0 Å². The molecule has 1 rings (SSSR count). The summed E-state index contributed by atoms with van der Waals surface area (Å²) in [6.45, 7) is 0. The van der Waals surface area contributed by atoms with Crippen molar-refractivity contribution in [1.82, 2.24) is 0 Å². The minimum Gasteiger partial charge on any atom is -0.545 e. The molecule has 1 aromatic rings. The van der Waals surface area contributed by atoms with Gasteiger partial charge in [0.25, 0.3) is 0 Å². The number of carboxylic acids is 1. The molecule has 0 saturated heterocycles. The van der Waals surface area contributed by atoms with Gasteiger partial charge in [-0.25, -0.2) is 0 Å². The van der Waals surface area contributed by atoms with Gasteiger partial charge in [0.2, 0.25) is 0 Å². The van der Waals surface area contributed by atoms with Crippen molar-refractivity contribution in [2.45, 2.75) is 0 Å². The maximum absolute atomic E-state index is 10.1. The Balaban J connectivity index is 0.000000810. The number of aromatic carboxylic acids is 1.